The lowest BCUT2D eigenvalue weighted by Crippen LogP contribution is -2.34. The number of aryl methyl sites for hydroxylation is 1. The number of amides is 1. The summed E-state index contributed by atoms with van der Waals surface area (Å²) in [5, 5.41) is 4.20. The van der Waals surface area contributed by atoms with Gasteiger partial charge >= 0.3 is 0 Å². The summed E-state index contributed by atoms with van der Waals surface area (Å²) in [5.74, 6) is 1.23. The molecule has 1 atom stereocenters. The van der Waals surface area contributed by atoms with Gasteiger partial charge in [0.15, 0.2) is 0 Å². The Bertz CT molecular complexity index is 700. The third-order valence-corrected chi connectivity index (χ3v) is 4.70. The number of nitrogens with zero attached hydrogens (tertiary/aromatic N) is 3. The first-order chi connectivity index (χ1) is 11.7. The Hall–Kier alpha value is -1.85. The van der Waals surface area contributed by atoms with Gasteiger partial charge < -0.3 is 14.8 Å². The van der Waals surface area contributed by atoms with Gasteiger partial charge in [0, 0.05) is 49.5 Å². The van der Waals surface area contributed by atoms with Crippen LogP contribution >= 0.6 is 11.6 Å². The number of halogens is 1. The maximum atomic E-state index is 12.2. The van der Waals surface area contributed by atoms with Crippen LogP contribution in [0.3, 0.4) is 0 Å². The molecule has 1 saturated heterocycles. The third-order valence-electron chi connectivity index (χ3n) is 4.47. The number of carbonyl (C=O) groups is 1. The molecule has 1 aliphatic heterocycles. The minimum atomic E-state index is 0.193. The largest absolute Gasteiger partial charge is 0.341 e. The van der Waals surface area contributed by atoms with Crippen molar-refractivity contribution in [2.24, 2.45) is 0 Å². The van der Waals surface area contributed by atoms with Crippen LogP contribution in [-0.4, -0.2) is 39.5 Å². The highest BCUT2D eigenvalue weighted by atomic mass is 35.5. The molecule has 2 aromatic rings. The average molecular weight is 347 g/mol. The van der Waals surface area contributed by atoms with Crippen LogP contribution in [0.2, 0.25) is 5.02 Å². The van der Waals surface area contributed by atoms with Crippen LogP contribution in [0.1, 0.15) is 24.7 Å². The van der Waals surface area contributed by atoms with E-state index in [2.05, 4.69) is 21.8 Å². The number of carbonyl (C=O) groups excluding carboxylic acids is 1. The van der Waals surface area contributed by atoms with Crippen molar-refractivity contribution in [1.29, 1.82) is 0 Å². The highest BCUT2D eigenvalue weighted by molar-refractivity contribution is 6.30. The first kappa shape index (κ1) is 17.0. The van der Waals surface area contributed by atoms with Crippen LogP contribution in [0, 0.1) is 0 Å². The smallest absolute Gasteiger partial charge is 0.224 e. The second-order valence-corrected chi connectivity index (χ2v) is 6.57. The first-order valence-electron chi connectivity index (χ1n) is 8.41. The van der Waals surface area contributed by atoms with Gasteiger partial charge in [0.25, 0.3) is 0 Å². The highest BCUT2D eigenvalue weighted by Gasteiger charge is 2.28. The van der Waals surface area contributed by atoms with Crippen molar-refractivity contribution in [3.8, 4) is 0 Å². The average Bonchev–Trinajstić information content (AvgIpc) is 3.17. The van der Waals surface area contributed by atoms with Gasteiger partial charge in [-0.1, -0.05) is 23.7 Å². The van der Waals surface area contributed by atoms with E-state index in [0.29, 0.717) is 13.0 Å². The Morgan fingerprint density at radius 3 is 3.08 bits per heavy atom. The molecule has 24 heavy (non-hydrogen) atoms. The molecule has 0 bridgehead atoms. The lowest BCUT2D eigenvalue weighted by Gasteiger charge is -2.17. The van der Waals surface area contributed by atoms with Crippen molar-refractivity contribution in [2.75, 3.05) is 13.1 Å². The maximum Gasteiger partial charge on any atom is 0.224 e. The van der Waals surface area contributed by atoms with Gasteiger partial charge in [-0.05, 0) is 31.0 Å². The van der Waals surface area contributed by atoms with Crippen molar-refractivity contribution in [2.45, 2.75) is 38.9 Å². The predicted octanol–water partition coefficient (Wildman–Crippen LogP) is 2.49. The normalized spacial score (nSPS) is 17.7. The van der Waals surface area contributed by atoms with E-state index in [4.69, 9.17) is 11.6 Å². The lowest BCUT2D eigenvalue weighted by molar-refractivity contribution is -0.127. The Morgan fingerprint density at radius 2 is 2.29 bits per heavy atom. The summed E-state index contributed by atoms with van der Waals surface area (Å²) in [6.45, 7) is 5.20. The van der Waals surface area contributed by atoms with Crippen molar-refractivity contribution < 1.29 is 4.79 Å². The molecule has 5 nitrogen and oxygen atoms in total. The van der Waals surface area contributed by atoms with Crippen molar-refractivity contribution >= 4 is 17.5 Å². The number of likely N-dealkylation sites (tertiary alicyclic amines) is 1. The molecule has 0 unspecified atom stereocenters. The fourth-order valence-corrected chi connectivity index (χ4v) is 3.33. The number of rotatable bonds is 7. The Labute approximate surface area is 147 Å². The van der Waals surface area contributed by atoms with E-state index in [-0.39, 0.29) is 11.9 Å². The number of hydrogen-bond donors (Lipinski definition) is 1. The van der Waals surface area contributed by atoms with Gasteiger partial charge in [-0.3, -0.25) is 4.79 Å². The summed E-state index contributed by atoms with van der Waals surface area (Å²) < 4.78 is 2.11. The van der Waals surface area contributed by atoms with Crippen molar-refractivity contribution in [1.82, 2.24) is 19.8 Å². The predicted molar refractivity (Wildman–Crippen MR) is 94.9 cm³/mol. The molecule has 6 heteroatoms. The van der Waals surface area contributed by atoms with Crippen LogP contribution in [0.15, 0.2) is 36.7 Å². The molecule has 0 radical (unpaired) electrons. The molecular weight excluding hydrogens is 324 g/mol. The molecule has 1 N–H and O–H groups in total. The summed E-state index contributed by atoms with van der Waals surface area (Å²) in [6.07, 6.45) is 5.19. The molecule has 128 valence electrons. The zero-order valence-corrected chi connectivity index (χ0v) is 14.7. The standard InChI is InChI=1S/C18H23ClN4O/c1-2-22-9-7-20-17(22)12-21-16-11-18(24)23(13-16)8-6-14-4-3-5-15(19)10-14/h3-5,7,9-10,16,21H,2,6,8,11-13H2,1H3/t16-/m0/s1. The van der Waals surface area contributed by atoms with Gasteiger partial charge in [-0.15, -0.1) is 0 Å². The molecule has 2 heterocycles. The number of aromatic nitrogens is 2. The van der Waals surface area contributed by atoms with E-state index in [0.717, 1.165) is 42.5 Å². The topological polar surface area (TPSA) is 50.2 Å². The molecule has 1 amide bonds. The fourth-order valence-electron chi connectivity index (χ4n) is 3.11. The quantitative estimate of drug-likeness (QED) is 0.838. The fraction of sp³-hybridized carbons (Fsp3) is 0.444. The Kier molecular flexibility index (Phi) is 5.53. The van der Waals surface area contributed by atoms with E-state index in [1.54, 1.807) is 0 Å². The van der Waals surface area contributed by atoms with Crippen LogP contribution in [0.5, 0.6) is 0 Å². The summed E-state index contributed by atoms with van der Waals surface area (Å²) in [7, 11) is 0. The van der Waals surface area contributed by atoms with E-state index in [9.17, 15) is 4.79 Å². The Morgan fingerprint density at radius 1 is 1.42 bits per heavy atom. The van der Waals surface area contributed by atoms with Crippen LogP contribution in [-0.2, 0) is 24.3 Å². The maximum absolute atomic E-state index is 12.2. The highest BCUT2D eigenvalue weighted by Crippen LogP contribution is 2.15. The van der Waals surface area contributed by atoms with Crippen molar-refractivity contribution in [3.63, 3.8) is 0 Å². The van der Waals surface area contributed by atoms with Gasteiger partial charge in [0.1, 0.15) is 5.82 Å². The molecule has 3 rings (SSSR count). The SMILES string of the molecule is CCn1ccnc1CN[C@H]1CC(=O)N(CCc2cccc(Cl)c2)C1. The summed E-state index contributed by atoms with van der Waals surface area (Å²) in [6, 6.07) is 8.02. The van der Waals surface area contributed by atoms with E-state index >= 15 is 0 Å². The van der Waals surface area contributed by atoms with Gasteiger partial charge in [-0.25, -0.2) is 4.98 Å². The summed E-state index contributed by atoms with van der Waals surface area (Å²) in [4.78, 5) is 18.5. The number of hydrogen-bond acceptors (Lipinski definition) is 3. The van der Waals surface area contributed by atoms with Crippen LogP contribution in [0.25, 0.3) is 0 Å². The van der Waals surface area contributed by atoms with E-state index < -0.39 is 0 Å². The monoisotopic (exact) mass is 346 g/mol. The number of imidazole rings is 1. The van der Waals surface area contributed by atoms with E-state index in [1.165, 1.54) is 0 Å². The molecular formula is C18H23ClN4O. The molecule has 0 spiro atoms. The zero-order chi connectivity index (χ0) is 16.9. The lowest BCUT2D eigenvalue weighted by atomic mass is 10.1. The molecule has 1 aliphatic rings. The van der Waals surface area contributed by atoms with Gasteiger partial charge in [-0.2, -0.15) is 0 Å². The number of benzene rings is 1. The summed E-state index contributed by atoms with van der Waals surface area (Å²) in [5.41, 5.74) is 1.16. The number of nitrogens with one attached hydrogen (secondary N) is 1. The zero-order valence-electron chi connectivity index (χ0n) is 13.9. The second-order valence-electron chi connectivity index (χ2n) is 6.13. The van der Waals surface area contributed by atoms with Gasteiger partial charge in [0.05, 0.1) is 6.54 Å². The molecule has 0 saturated carbocycles. The second kappa shape index (κ2) is 7.81. The minimum absolute atomic E-state index is 0.193. The summed E-state index contributed by atoms with van der Waals surface area (Å²) >= 11 is 6.01. The molecule has 1 fully saturated rings. The molecule has 0 aliphatic carbocycles. The van der Waals surface area contributed by atoms with Gasteiger partial charge in [0.2, 0.25) is 5.91 Å². The van der Waals surface area contributed by atoms with Crippen LogP contribution in [0.4, 0.5) is 0 Å². The van der Waals surface area contributed by atoms with E-state index in [1.807, 2.05) is 41.6 Å². The Balaban J connectivity index is 1.48. The molecule has 1 aromatic carbocycles. The third kappa shape index (κ3) is 4.16. The van der Waals surface area contributed by atoms with Crippen LogP contribution < -0.4 is 5.32 Å². The minimum Gasteiger partial charge on any atom is -0.341 e. The first-order valence-corrected chi connectivity index (χ1v) is 8.79. The molecule has 1 aromatic heterocycles. The van der Waals surface area contributed by atoms with Crippen molar-refractivity contribution in [3.05, 3.63) is 53.1 Å².